The number of quaternary nitrogens is 1. The highest BCUT2D eigenvalue weighted by Gasteiger charge is 2.16. The van der Waals surface area contributed by atoms with Crippen LogP contribution in [0.1, 0.15) is 155 Å². The zero-order valence-electron chi connectivity index (χ0n) is 30.2. The Labute approximate surface area is 279 Å². The summed E-state index contributed by atoms with van der Waals surface area (Å²) in [5, 5.41) is 20.4. The Morgan fingerprint density at radius 1 is 0.578 bits per heavy atom. The van der Waals surface area contributed by atoms with Crippen LogP contribution < -0.4 is 0 Å². The molecule has 0 aliphatic heterocycles. The van der Waals surface area contributed by atoms with Gasteiger partial charge in [-0.15, -0.1) is 0 Å². The van der Waals surface area contributed by atoms with E-state index in [0.717, 1.165) is 50.4 Å². The first-order chi connectivity index (χ1) is 21.5. The highest BCUT2D eigenvalue weighted by Crippen LogP contribution is 2.13. The standard InChI is InChI=1S/C34H72NO4.CH4O4S/c1-5-7-9-11-13-15-17-19-21-23-25-33(36)31-38-29-27-35(3,4)28-30-39-32-34(37)26-24-22-20-18-16-14-12-10-8-6-2;1-5-6(2,3)4/h33-34,36-37H,5-32H2,1-4H3;1H3,(H,2,3,4)/q+1;/p-1. The van der Waals surface area contributed by atoms with Crippen molar-refractivity contribution in [2.75, 3.05) is 60.7 Å². The monoisotopic (exact) mass is 670 g/mol. The van der Waals surface area contributed by atoms with Gasteiger partial charge in [0.1, 0.15) is 13.1 Å². The Hall–Kier alpha value is -0.330. The molecule has 0 rings (SSSR count). The first-order valence-electron chi connectivity index (χ1n) is 18.3. The predicted molar refractivity (Wildman–Crippen MR) is 185 cm³/mol. The van der Waals surface area contributed by atoms with Crippen LogP contribution in [-0.2, 0) is 24.1 Å². The molecule has 2 atom stereocenters. The van der Waals surface area contributed by atoms with E-state index in [1.807, 2.05) is 0 Å². The molecular formula is C35H75NO8S. The van der Waals surface area contributed by atoms with E-state index < -0.39 is 10.4 Å². The normalized spacial score (nSPS) is 13.4. The zero-order chi connectivity index (χ0) is 34.1. The minimum absolute atomic E-state index is 0.338. The number of ether oxygens (including phenoxy) is 2. The minimum Gasteiger partial charge on any atom is -0.726 e. The van der Waals surface area contributed by atoms with Crippen molar-refractivity contribution in [2.45, 2.75) is 167 Å². The van der Waals surface area contributed by atoms with Crippen LogP contribution in [0.2, 0.25) is 0 Å². The Balaban J connectivity index is 0. The van der Waals surface area contributed by atoms with Gasteiger partial charge < -0.3 is 28.7 Å². The fraction of sp³-hybridized carbons (Fsp3) is 1.00. The molecule has 2 N–H and O–H groups in total. The summed E-state index contributed by atoms with van der Waals surface area (Å²) in [6, 6.07) is 0. The average Bonchev–Trinajstić information content (AvgIpc) is 2.99. The Morgan fingerprint density at radius 2 is 0.844 bits per heavy atom. The van der Waals surface area contributed by atoms with Crippen molar-refractivity contribution in [3.63, 3.8) is 0 Å². The van der Waals surface area contributed by atoms with Crippen LogP contribution in [0.5, 0.6) is 0 Å². The lowest BCUT2D eigenvalue weighted by atomic mass is 10.0. The third-order valence-electron chi connectivity index (χ3n) is 8.29. The minimum atomic E-state index is -4.41. The van der Waals surface area contributed by atoms with Crippen molar-refractivity contribution in [2.24, 2.45) is 0 Å². The maximum absolute atomic E-state index is 10.2. The number of aliphatic hydroxyl groups excluding tert-OH is 2. The number of rotatable bonds is 33. The number of nitrogens with zero attached hydrogens (tertiary/aromatic N) is 1. The first kappa shape index (κ1) is 46.8. The number of hydrogen-bond acceptors (Lipinski definition) is 8. The van der Waals surface area contributed by atoms with E-state index in [4.69, 9.17) is 9.47 Å². The molecule has 0 amide bonds. The van der Waals surface area contributed by atoms with E-state index in [9.17, 15) is 23.2 Å². The molecule has 0 spiro atoms. The third kappa shape index (κ3) is 41.6. The number of hydrogen-bond donors (Lipinski definition) is 2. The van der Waals surface area contributed by atoms with Gasteiger partial charge in [-0.3, -0.25) is 4.18 Å². The molecule has 0 aromatic rings. The van der Waals surface area contributed by atoms with Crippen molar-refractivity contribution in [3.8, 4) is 0 Å². The van der Waals surface area contributed by atoms with Gasteiger partial charge in [-0.2, -0.15) is 0 Å². The van der Waals surface area contributed by atoms with E-state index >= 15 is 0 Å². The summed E-state index contributed by atoms with van der Waals surface area (Å²) in [5.74, 6) is 0. The van der Waals surface area contributed by atoms with Crippen molar-refractivity contribution >= 4 is 10.4 Å². The van der Waals surface area contributed by atoms with E-state index in [0.29, 0.717) is 26.4 Å². The summed E-state index contributed by atoms with van der Waals surface area (Å²) >= 11 is 0. The molecule has 45 heavy (non-hydrogen) atoms. The molecule has 10 heteroatoms. The molecule has 0 heterocycles. The molecule has 0 aliphatic carbocycles. The molecule has 0 aromatic heterocycles. The summed E-state index contributed by atoms with van der Waals surface area (Å²) in [7, 11) is 0.771. The van der Waals surface area contributed by atoms with E-state index in [-0.39, 0.29) is 12.2 Å². The molecule has 0 fully saturated rings. The first-order valence-corrected chi connectivity index (χ1v) is 19.7. The van der Waals surface area contributed by atoms with Crippen LogP contribution >= 0.6 is 0 Å². The Kier molecular flexibility index (Phi) is 34.9. The predicted octanol–water partition coefficient (Wildman–Crippen LogP) is 7.53. The van der Waals surface area contributed by atoms with Crippen LogP contribution in [0, 0.1) is 0 Å². The summed E-state index contributed by atoms with van der Waals surface area (Å²) in [6.45, 7) is 8.53. The molecule has 0 aromatic carbocycles. The van der Waals surface area contributed by atoms with E-state index in [2.05, 4.69) is 32.1 Å². The van der Waals surface area contributed by atoms with Crippen molar-refractivity contribution in [3.05, 3.63) is 0 Å². The highest BCUT2D eigenvalue weighted by molar-refractivity contribution is 7.80. The molecule has 0 bridgehead atoms. The molecule has 0 aliphatic rings. The highest BCUT2D eigenvalue weighted by atomic mass is 32.3. The molecule has 0 radical (unpaired) electrons. The number of aliphatic hydroxyl groups is 2. The van der Waals surface area contributed by atoms with Gasteiger partial charge in [0, 0.05) is 0 Å². The summed E-state index contributed by atoms with van der Waals surface area (Å²) < 4.78 is 43.4. The van der Waals surface area contributed by atoms with Gasteiger partial charge in [-0.25, -0.2) is 8.42 Å². The third-order valence-corrected chi connectivity index (χ3v) is 8.70. The Morgan fingerprint density at radius 3 is 1.11 bits per heavy atom. The number of likely N-dealkylation sites (N-methyl/N-ethyl adjacent to an activating group) is 1. The summed E-state index contributed by atoms with van der Waals surface area (Å²) in [4.78, 5) is 0. The molecular weight excluding hydrogens is 594 g/mol. The SMILES string of the molecule is CCCCCCCCCCCCC(O)COCC[N+](C)(C)CCOCC(O)CCCCCCCCCCCC.COS(=O)(=O)[O-]. The molecule has 9 nitrogen and oxygen atoms in total. The quantitative estimate of drug-likeness (QED) is 0.0318. The average molecular weight is 670 g/mol. The Bertz CT molecular complexity index is 653. The summed E-state index contributed by atoms with van der Waals surface area (Å²) in [6.07, 6.45) is 27.5. The lowest BCUT2D eigenvalue weighted by molar-refractivity contribution is -0.891. The van der Waals surface area contributed by atoms with Gasteiger partial charge in [0.15, 0.2) is 0 Å². The van der Waals surface area contributed by atoms with Gasteiger partial charge in [0.25, 0.3) is 0 Å². The molecule has 274 valence electrons. The lowest BCUT2D eigenvalue weighted by Gasteiger charge is -2.29. The topological polar surface area (TPSA) is 125 Å². The van der Waals surface area contributed by atoms with Gasteiger partial charge >= 0.3 is 0 Å². The fourth-order valence-electron chi connectivity index (χ4n) is 5.08. The second kappa shape index (κ2) is 33.6. The van der Waals surface area contributed by atoms with Gasteiger partial charge in [-0.05, 0) is 12.8 Å². The lowest BCUT2D eigenvalue weighted by Crippen LogP contribution is -2.45. The van der Waals surface area contributed by atoms with Crippen LogP contribution in [0.15, 0.2) is 0 Å². The smallest absolute Gasteiger partial charge is 0.217 e. The van der Waals surface area contributed by atoms with Crippen LogP contribution in [0.25, 0.3) is 0 Å². The maximum atomic E-state index is 10.2. The zero-order valence-corrected chi connectivity index (χ0v) is 31.0. The van der Waals surface area contributed by atoms with Crippen LogP contribution in [0.4, 0.5) is 0 Å². The van der Waals surface area contributed by atoms with Gasteiger partial charge in [0.2, 0.25) is 10.4 Å². The van der Waals surface area contributed by atoms with Gasteiger partial charge in [-0.1, -0.05) is 142 Å². The number of unbranched alkanes of at least 4 members (excludes halogenated alkanes) is 18. The summed E-state index contributed by atoms with van der Waals surface area (Å²) in [5.41, 5.74) is 0. The largest absolute Gasteiger partial charge is 0.726 e. The maximum Gasteiger partial charge on any atom is 0.217 e. The molecule has 0 saturated carbocycles. The fourth-order valence-corrected chi connectivity index (χ4v) is 5.08. The van der Waals surface area contributed by atoms with Crippen molar-refractivity contribution in [1.29, 1.82) is 0 Å². The van der Waals surface area contributed by atoms with Crippen LogP contribution in [0.3, 0.4) is 0 Å². The second-order valence-electron chi connectivity index (χ2n) is 13.4. The van der Waals surface area contributed by atoms with Crippen LogP contribution in [-0.4, -0.2) is 101 Å². The van der Waals surface area contributed by atoms with E-state index in [1.54, 1.807) is 0 Å². The van der Waals surface area contributed by atoms with E-state index in [1.165, 1.54) is 116 Å². The molecule has 0 saturated heterocycles. The van der Waals surface area contributed by atoms with Crippen molar-refractivity contribution in [1.82, 2.24) is 0 Å². The second-order valence-corrected chi connectivity index (χ2v) is 14.5. The molecule has 2 unspecified atom stereocenters. The van der Waals surface area contributed by atoms with Crippen molar-refractivity contribution < 1.29 is 41.3 Å². The van der Waals surface area contributed by atoms with Gasteiger partial charge in [0.05, 0.1) is 59.8 Å².